The molecule has 0 saturated carbocycles. The molecule has 0 bridgehead atoms. The first-order valence-electron chi connectivity index (χ1n) is 7.24. The monoisotopic (exact) mass is 307 g/mol. The van der Waals surface area contributed by atoms with Crippen LogP contribution in [0.3, 0.4) is 0 Å². The van der Waals surface area contributed by atoms with E-state index in [1.54, 1.807) is 23.9 Å². The van der Waals surface area contributed by atoms with Crippen LogP contribution in [0.4, 0.5) is 4.39 Å². The van der Waals surface area contributed by atoms with E-state index in [1.807, 2.05) is 13.1 Å². The smallest absolute Gasteiger partial charge is 0.124 e. The second-order valence-electron chi connectivity index (χ2n) is 5.21. The molecule has 0 unspecified atom stereocenters. The number of imidazole rings is 1. The van der Waals surface area contributed by atoms with Gasteiger partial charge in [0.2, 0.25) is 0 Å². The van der Waals surface area contributed by atoms with Crippen LogP contribution in [-0.4, -0.2) is 16.6 Å². The summed E-state index contributed by atoms with van der Waals surface area (Å²) in [5, 5.41) is 4.27. The Bertz CT molecular complexity index is 608. The molecule has 0 fully saturated rings. The first kappa shape index (κ1) is 16.0. The Morgan fingerprint density at radius 1 is 1.38 bits per heavy atom. The summed E-state index contributed by atoms with van der Waals surface area (Å²) in [7, 11) is 1.92. The van der Waals surface area contributed by atoms with Crippen molar-refractivity contribution in [2.24, 2.45) is 0 Å². The zero-order valence-corrected chi connectivity index (χ0v) is 13.8. The Morgan fingerprint density at radius 2 is 2.14 bits per heavy atom. The average Bonchev–Trinajstić information content (AvgIpc) is 2.77. The summed E-state index contributed by atoms with van der Waals surface area (Å²) in [5.74, 6) is 1.16. The third kappa shape index (κ3) is 3.66. The molecule has 2 aromatic rings. The molecule has 0 aliphatic carbocycles. The molecule has 2 rings (SSSR count). The minimum absolute atomic E-state index is 0.205. The lowest BCUT2D eigenvalue weighted by molar-refractivity contribution is 0.618. The van der Waals surface area contributed by atoms with Crippen molar-refractivity contribution in [3.63, 3.8) is 0 Å². The molecule has 1 aromatic carbocycles. The quantitative estimate of drug-likeness (QED) is 0.873. The molecule has 1 heterocycles. The predicted molar refractivity (Wildman–Crippen MR) is 85.3 cm³/mol. The van der Waals surface area contributed by atoms with Crippen molar-refractivity contribution in [2.45, 2.75) is 49.7 Å². The minimum atomic E-state index is -0.205. The summed E-state index contributed by atoms with van der Waals surface area (Å²) >= 11 is 1.59. The zero-order chi connectivity index (χ0) is 15.4. The lowest BCUT2D eigenvalue weighted by atomic mass is 10.1. The first-order chi connectivity index (χ1) is 10.1. The molecule has 5 heteroatoms. The van der Waals surface area contributed by atoms with Crippen molar-refractivity contribution < 1.29 is 4.39 Å². The van der Waals surface area contributed by atoms with Gasteiger partial charge in [-0.1, -0.05) is 31.7 Å². The minimum Gasteiger partial charge on any atom is -0.322 e. The van der Waals surface area contributed by atoms with Crippen LogP contribution in [0, 0.1) is 5.82 Å². The van der Waals surface area contributed by atoms with Gasteiger partial charge in [-0.05, 0) is 38.1 Å². The lowest BCUT2D eigenvalue weighted by Gasteiger charge is -2.11. The summed E-state index contributed by atoms with van der Waals surface area (Å²) in [6.45, 7) is 7.98. The number of hydrogen-bond acceptors (Lipinski definition) is 3. The maximum atomic E-state index is 13.4. The van der Waals surface area contributed by atoms with Crippen LogP contribution < -0.4 is 5.32 Å². The molecule has 0 aliphatic heterocycles. The highest BCUT2D eigenvalue weighted by Gasteiger charge is 2.19. The third-order valence-corrected chi connectivity index (χ3v) is 4.35. The van der Waals surface area contributed by atoms with Crippen molar-refractivity contribution >= 4 is 11.8 Å². The number of aromatic nitrogens is 2. The summed E-state index contributed by atoms with van der Waals surface area (Å²) in [6.07, 6.45) is 0. The number of benzene rings is 1. The fourth-order valence-corrected chi connectivity index (χ4v) is 3.52. The molecule has 0 saturated heterocycles. The fraction of sp³-hybridized carbons (Fsp3) is 0.438. The van der Waals surface area contributed by atoms with Gasteiger partial charge in [-0.25, -0.2) is 9.37 Å². The van der Waals surface area contributed by atoms with Crippen molar-refractivity contribution in [3.05, 3.63) is 41.6 Å². The zero-order valence-electron chi connectivity index (χ0n) is 13.0. The van der Waals surface area contributed by atoms with Gasteiger partial charge in [-0.15, -0.1) is 0 Å². The van der Waals surface area contributed by atoms with Gasteiger partial charge in [0, 0.05) is 11.4 Å². The second kappa shape index (κ2) is 7.09. The molecular weight excluding hydrogens is 285 g/mol. The number of hydrogen-bond donors (Lipinski definition) is 1. The van der Waals surface area contributed by atoms with E-state index < -0.39 is 0 Å². The molecule has 1 aromatic heterocycles. The third-order valence-electron chi connectivity index (χ3n) is 3.23. The Balaban J connectivity index is 2.44. The Morgan fingerprint density at radius 3 is 2.71 bits per heavy atom. The van der Waals surface area contributed by atoms with Gasteiger partial charge in [0.25, 0.3) is 0 Å². The lowest BCUT2D eigenvalue weighted by Crippen LogP contribution is -2.12. The highest BCUT2D eigenvalue weighted by atomic mass is 32.2. The topological polar surface area (TPSA) is 29.9 Å². The van der Waals surface area contributed by atoms with Gasteiger partial charge in [-0.2, -0.15) is 0 Å². The number of nitrogens with zero attached hydrogens (tertiary/aromatic N) is 2. The van der Waals surface area contributed by atoms with Crippen LogP contribution in [0.25, 0.3) is 0 Å². The molecule has 0 spiro atoms. The highest BCUT2D eigenvalue weighted by Crippen LogP contribution is 2.35. The van der Waals surface area contributed by atoms with E-state index in [9.17, 15) is 4.39 Å². The van der Waals surface area contributed by atoms with Gasteiger partial charge in [0.1, 0.15) is 16.7 Å². The number of rotatable bonds is 6. The Hall–Kier alpha value is -1.33. The van der Waals surface area contributed by atoms with E-state index in [4.69, 9.17) is 4.98 Å². The summed E-state index contributed by atoms with van der Waals surface area (Å²) in [5.41, 5.74) is 1.08. The number of halogens is 1. The average molecular weight is 307 g/mol. The Kier molecular flexibility index (Phi) is 5.42. The molecule has 114 valence electrons. The van der Waals surface area contributed by atoms with E-state index in [-0.39, 0.29) is 5.82 Å². The molecule has 0 atom stereocenters. The largest absolute Gasteiger partial charge is 0.322 e. The SMILES string of the molecule is CCn1c(CNC)nc(C(C)C)c1Sc1cccc(F)c1. The molecule has 0 amide bonds. The normalized spacial score (nSPS) is 11.3. The van der Waals surface area contributed by atoms with Crippen LogP contribution in [0.5, 0.6) is 0 Å². The maximum Gasteiger partial charge on any atom is 0.124 e. The van der Waals surface area contributed by atoms with E-state index in [1.165, 1.54) is 6.07 Å². The molecular formula is C16H22FN3S. The van der Waals surface area contributed by atoms with Crippen molar-refractivity contribution in [1.29, 1.82) is 0 Å². The van der Waals surface area contributed by atoms with Gasteiger partial charge >= 0.3 is 0 Å². The van der Waals surface area contributed by atoms with Gasteiger partial charge in [-0.3, -0.25) is 0 Å². The maximum absolute atomic E-state index is 13.4. The van der Waals surface area contributed by atoms with E-state index >= 15 is 0 Å². The summed E-state index contributed by atoms with van der Waals surface area (Å²) in [4.78, 5) is 5.68. The van der Waals surface area contributed by atoms with E-state index in [2.05, 4.69) is 30.7 Å². The van der Waals surface area contributed by atoms with Gasteiger partial charge in [0.05, 0.1) is 12.2 Å². The Labute approximate surface area is 130 Å². The first-order valence-corrected chi connectivity index (χ1v) is 8.05. The predicted octanol–water partition coefficient (Wildman–Crippen LogP) is 4.04. The molecule has 0 aliphatic rings. The second-order valence-corrected chi connectivity index (χ2v) is 6.27. The van der Waals surface area contributed by atoms with Crippen molar-refractivity contribution in [1.82, 2.24) is 14.9 Å². The van der Waals surface area contributed by atoms with Crippen LogP contribution >= 0.6 is 11.8 Å². The highest BCUT2D eigenvalue weighted by molar-refractivity contribution is 7.99. The van der Waals surface area contributed by atoms with E-state index in [0.717, 1.165) is 34.5 Å². The molecule has 21 heavy (non-hydrogen) atoms. The van der Waals surface area contributed by atoms with E-state index in [0.29, 0.717) is 5.92 Å². The standard InChI is InChI=1S/C16H22FN3S/c1-5-20-14(10-18-4)19-15(11(2)3)16(20)21-13-8-6-7-12(17)9-13/h6-9,11,18H,5,10H2,1-4H3. The van der Waals surface area contributed by atoms with Crippen LogP contribution in [0.1, 0.15) is 38.2 Å². The summed E-state index contributed by atoms with van der Waals surface area (Å²) in [6, 6.07) is 6.72. The van der Waals surface area contributed by atoms with Crippen molar-refractivity contribution in [3.8, 4) is 0 Å². The summed E-state index contributed by atoms with van der Waals surface area (Å²) < 4.78 is 15.6. The van der Waals surface area contributed by atoms with Gasteiger partial charge < -0.3 is 9.88 Å². The van der Waals surface area contributed by atoms with Crippen LogP contribution in [-0.2, 0) is 13.1 Å². The molecule has 0 radical (unpaired) electrons. The molecule has 1 N–H and O–H groups in total. The van der Waals surface area contributed by atoms with Gasteiger partial charge in [0.15, 0.2) is 0 Å². The number of nitrogens with one attached hydrogen (secondary N) is 1. The van der Waals surface area contributed by atoms with Crippen LogP contribution in [0.15, 0.2) is 34.2 Å². The van der Waals surface area contributed by atoms with Crippen LogP contribution in [0.2, 0.25) is 0 Å². The fourth-order valence-electron chi connectivity index (χ4n) is 2.25. The van der Waals surface area contributed by atoms with Crippen molar-refractivity contribution in [2.75, 3.05) is 7.05 Å². The molecule has 3 nitrogen and oxygen atoms in total.